The van der Waals surface area contributed by atoms with Crippen molar-refractivity contribution in [1.82, 2.24) is 0 Å². The highest BCUT2D eigenvalue weighted by molar-refractivity contribution is 5.98. The van der Waals surface area contributed by atoms with Gasteiger partial charge in [-0.25, -0.2) is 4.39 Å². The van der Waals surface area contributed by atoms with Gasteiger partial charge in [-0.1, -0.05) is 6.07 Å². The number of carbonyl (C=O) groups is 2. The fourth-order valence-corrected chi connectivity index (χ4v) is 2.45. The predicted octanol–water partition coefficient (Wildman–Crippen LogP) is 1.59. The van der Waals surface area contributed by atoms with Crippen LogP contribution in [0.15, 0.2) is 18.2 Å². The van der Waals surface area contributed by atoms with Crippen molar-refractivity contribution in [2.45, 2.75) is 25.3 Å². The molecule has 0 aromatic heterocycles. The fraction of sp³-hybridized carbons (Fsp3) is 0.385. The zero-order valence-electron chi connectivity index (χ0n) is 10.2. The zero-order valence-corrected chi connectivity index (χ0v) is 10.2. The van der Waals surface area contributed by atoms with Crippen molar-refractivity contribution >= 4 is 17.6 Å². The standard InChI is InChI=1S/C13H15FN2O3/c14-9-2-1-3-10(11(9)12(15)17)16-8-5-4-7(6-8)13(18)19/h1-3,7-8,16H,4-6H2,(H2,15,17)(H,18,19)/t7-,8+/m1/s1. The van der Waals surface area contributed by atoms with Crippen LogP contribution in [0.5, 0.6) is 0 Å². The minimum absolute atomic E-state index is 0.0824. The van der Waals surface area contributed by atoms with Gasteiger partial charge in [0.15, 0.2) is 0 Å². The second-order valence-electron chi connectivity index (χ2n) is 4.72. The lowest BCUT2D eigenvalue weighted by molar-refractivity contribution is -0.141. The number of halogens is 1. The van der Waals surface area contributed by atoms with E-state index in [2.05, 4.69) is 5.32 Å². The van der Waals surface area contributed by atoms with Crippen LogP contribution in [0, 0.1) is 11.7 Å². The fourth-order valence-electron chi connectivity index (χ4n) is 2.45. The van der Waals surface area contributed by atoms with Gasteiger partial charge in [0.25, 0.3) is 5.91 Å². The number of primary amides is 1. The van der Waals surface area contributed by atoms with Crippen LogP contribution >= 0.6 is 0 Å². The molecule has 19 heavy (non-hydrogen) atoms. The Labute approximate surface area is 109 Å². The van der Waals surface area contributed by atoms with Crippen LogP contribution in [0.25, 0.3) is 0 Å². The number of rotatable bonds is 4. The maximum absolute atomic E-state index is 13.5. The average molecular weight is 266 g/mol. The molecule has 1 fully saturated rings. The predicted molar refractivity (Wildman–Crippen MR) is 67.3 cm³/mol. The van der Waals surface area contributed by atoms with Crippen molar-refractivity contribution in [2.75, 3.05) is 5.32 Å². The molecule has 0 bridgehead atoms. The third kappa shape index (κ3) is 2.83. The first kappa shape index (κ1) is 13.3. The molecule has 0 radical (unpaired) electrons. The summed E-state index contributed by atoms with van der Waals surface area (Å²) in [6.45, 7) is 0. The second-order valence-corrected chi connectivity index (χ2v) is 4.72. The molecule has 5 nitrogen and oxygen atoms in total. The molecule has 0 unspecified atom stereocenters. The molecule has 4 N–H and O–H groups in total. The number of aliphatic carboxylic acids is 1. The number of hydrogen-bond acceptors (Lipinski definition) is 3. The topological polar surface area (TPSA) is 92.4 Å². The van der Waals surface area contributed by atoms with E-state index in [0.717, 1.165) is 0 Å². The van der Waals surface area contributed by atoms with Crippen molar-refractivity contribution < 1.29 is 19.1 Å². The van der Waals surface area contributed by atoms with Gasteiger partial charge in [-0.2, -0.15) is 0 Å². The SMILES string of the molecule is NC(=O)c1c(F)cccc1N[C@H]1CC[C@@H](C(=O)O)C1. The smallest absolute Gasteiger partial charge is 0.306 e. The third-order valence-corrected chi connectivity index (χ3v) is 3.40. The Kier molecular flexibility index (Phi) is 3.69. The number of nitrogens with one attached hydrogen (secondary N) is 1. The third-order valence-electron chi connectivity index (χ3n) is 3.40. The van der Waals surface area contributed by atoms with Crippen LogP contribution < -0.4 is 11.1 Å². The van der Waals surface area contributed by atoms with Gasteiger partial charge < -0.3 is 16.2 Å². The highest BCUT2D eigenvalue weighted by Gasteiger charge is 2.30. The summed E-state index contributed by atoms with van der Waals surface area (Å²) >= 11 is 0. The van der Waals surface area contributed by atoms with Gasteiger partial charge in [0, 0.05) is 6.04 Å². The van der Waals surface area contributed by atoms with Crippen molar-refractivity contribution in [2.24, 2.45) is 11.7 Å². The van der Waals surface area contributed by atoms with Crippen LogP contribution in [0.4, 0.5) is 10.1 Å². The molecule has 0 spiro atoms. The first-order valence-electron chi connectivity index (χ1n) is 6.06. The molecule has 1 saturated carbocycles. The number of carboxylic acids is 1. The molecule has 6 heteroatoms. The van der Waals surface area contributed by atoms with Crippen LogP contribution in [0.3, 0.4) is 0 Å². The molecule has 0 saturated heterocycles. The molecular weight excluding hydrogens is 251 g/mol. The van der Waals surface area contributed by atoms with Gasteiger partial charge in [0.2, 0.25) is 0 Å². The first-order chi connectivity index (χ1) is 8.99. The maximum Gasteiger partial charge on any atom is 0.306 e. The quantitative estimate of drug-likeness (QED) is 0.771. The number of amides is 1. The van der Waals surface area contributed by atoms with Gasteiger partial charge >= 0.3 is 5.97 Å². The summed E-state index contributed by atoms with van der Waals surface area (Å²) in [6, 6.07) is 4.13. The minimum Gasteiger partial charge on any atom is -0.481 e. The Morgan fingerprint density at radius 2 is 2.11 bits per heavy atom. The largest absolute Gasteiger partial charge is 0.481 e. The molecular formula is C13H15FN2O3. The normalized spacial score (nSPS) is 22.2. The van der Waals surface area contributed by atoms with E-state index >= 15 is 0 Å². The number of carboxylic acid groups (broad SMARTS) is 1. The van der Waals surface area contributed by atoms with Gasteiger partial charge in [-0.05, 0) is 31.4 Å². The van der Waals surface area contributed by atoms with E-state index in [1.54, 1.807) is 6.07 Å². The molecule has 1 amide bonds. The number of carbonyl (C=O) groups excluding carboxylic acids is 1. The van der Waals surface area contributed by atoms with E-state index in [0.29, 0.717) is 24.9 Å². The summed E-state index contributed by atoms with van der Waals surface area (Å²) in [4.78, 5) is 22.1. The number of hydrogen-bond donors (Lipinski definition) is 3. The minimum atomic E-state index is -0.839. The Morgan fingerprint density at radius 1 is 1.37 bits per heavy atom. The van der Waals surface area contributed by atoms with Gasteiger partial charge in [-0.3, -0.25) is 9.59 Å². The highest BCUT2D eigenvalue weighted by atomic mass is 19.1. The summed E-state index contributed by atoms with van der Waals surface area (Å²) < 4.78 is 13.5. The summed E-state index contributed by atoms with van der Waals surface area (Å²) in [5, 5.41) is 11.9. The van der Waals surface area contributed by atoms with E-state index < -0.39 is 17.7 Å². The molecule has 1 aliphatic carbocycles. The molecule has 0 heterocycles. The molecule has 2 rings (SSSR count). The van der Waals surface area contributed by atoms with E-state index in [-0.39, 0.29) is 17.5 Å². The van der Waals surface area contributed by atoms with Crippen LogP contribution in [-0.2, 0) is 4.79 Å². The molecule has 1 aliphatic rings. The van der Waals surface area contributed by atoms with Crippen molar-refractivity contribution in [3.8, 4) is 0 Å². The van der Waals surface area contributed by atoms with Gasteiger partial charge in [-0.15, -0.1) is 0 Å². The second kappa shape index (κ2) is 5.26. The Bertz CT molecular complexity index is 519. The van der Waals surface area contributed by atoms with Gasteiger partial charge in [0.05, 0.1) is 17.2 Å². The van der Waals surface area contributed by atoms with Gasteiger partial charge in [0.1, 0.15) is 5.82 Å². The maximum atomic E-state index is 13.5. The number of benzene rings is 1. The summed E-state index contributed by atoms with van der Waals surface area (Å²) in [7, 11) is 0. The Hall–Kier alpha value is -2.11. The number of anilines is 1. The summed E-state index contributed by atoms with van der Waals surface area (Å²) in [5.41, 5.74) is 5.30. The summed E-state index contributed by atoms with van der Waals surface area (Å²) in [6.07, 6.45) is 1.71. The van der Waals surface area contributed by atoms with Crippen molar-refractivity contribution in [3.05, 3.63) is 29.6 Å². The van der Waals surface area contributed by atoms with Crippen LogP contribution in [-0.4, -0.2) is 23.0 Å². The van der Waals surface area contributed by atoms with Crippen LogP contribution in [0.2, 0.25) is 0 Å². The Balaban J connectivity index is 2.14. The molecule has 102 valence electrons. The average Bonchev–Trinajstić information content (AvgIpc) is 2.77. The van der Waals surface area contributed by atoms with Crippen molar-refractivity contribution in [3.63, 3.8) is 0 Å². The summed E-state index contributed by atoms with van der Waals surface area (Å²) in [5.74, 6) is -2.72. The lowest BCUT2D eigenvalue weighted by atomic mass is 10.1. The molecule has 0 aliphatic heterocycles. The monoisotopic (exact) mass is 266 g/mol. The van der Waals surface area contributed by atoms with E-state index in [1.165, 1.54) is 12.1 Å². The lowest BCUT2D eigenvalue weighted by Gasteiger charge is -2.16. The van der Waals surface area contributed by atoms with E-state index in [9.17, 15) is 14.0 Å². The molecule has 2 atom stereocenters. The Morgan fingerprint density at radius 3 is 2.68 bits per heavy atom. The van der Waals surface area contributed by atoms with Crippen molar-refractivity contribution in [1.29, 1.82) is 0 Å². The van der Waals surface area contributed by atoms with Crippen LogP contribution in [0.1, 0.15) is 29.6 Å². The zero-order chi connectivity index (χ0) is 14.0. The molecule has 1 aromatic carbocycles. The van der Waals surface area contributed by atoms with E-state index in [4.69, 9.17) is 10.8 Å². The lowest BCUT2D eigenvalue weighted by Crippen LogP contribution is -2.22. The highest BCUT2D eigenvalue weighted by Crippen LogP contribution is 2.29. The number of nitrogens with two attached hydrogens (primary N) is 1. The van der Waals surface area contributed by atoms with E-state index in [1.807, 2.05) is 0 Å². The first-order valence-corrected chi connectivity index (χ1v) is 6.06. The molecule has 1 aromatic rings.